The minimum Gasteiger partial charge on any atom is -0.466 e. The van der Waals surface area contributed by atoms with Crippen LogP contribution in [0.1, 0.15) is 44.7 Å². The first-order valence-corrected chi connectivity index (χ1v) is 9.42. The molecule has 8 heteroatoms. The van der Waals surface area contributed by atoms with Crippen LogP contribution in [0.4, 0.5) is 0 Å². The number of hydrogen-bond acceptors (Lipinski definition) is 6. The summed E-state index contributed by atoms with van der Waals surface area (Å²) >= 11 is 1.44. The van der Waals surface area contributed by atoms with Crippen molar-refractivity contribution in [3.63, 3.8) is 0 Å². The topological polar surface area (TPSA) is 88.8 Å². The number of carbonyl (C=O) groups excluding carboxylic acids is 3. The van der Waals surface area contributed by atoms with E-state index in [1.54, 1.807) is 12.1 Å². The molecule has 0 unspecified atom stereocenters. The van der Waals surface area contributed by atoms with Gasteiger partial charge in [-0.2, -0.15) is 0 Å². The summed E-state index contributed by atoms with van der Waals surface area (Å²) in [7, 11) is 0. The van der Waals surface area contributed by atoms with Crippen molar-refractivity contribution in [1.29, 1.82) is 0 Å². The van der Waals surface area contributed by atoms with Gasteiger partial charge in [0.05, 0.1) is 6.26 Å². The Kier molecular flexibility index (Phi) is 6.92. The third-order valence-corrected chi connectivity index (χ3v) is 5.40. The summed E-state index contributed by atoms with van der Waals surface area (Å²) in [4.78, 5) is 37.7. The summed E-state index contributed by atoms with van der Waals surface area (Å²) in [5.41, 5.74) is 0. The van der Waals surface area contributed by atoms with Crippen LogP contribution in [0.2, 0.25) is 0 Å². The van der Waals surface area contributed by atoms with Gasteiger partial charge in [0, 0.05) is 18.7 Å². The highest BCUT2D eigenvalue weighted by atomic mass is 32.2. The normalized spacial score (nSPS) is 19.9. The van der Waals surface area contributed by atoms with Crippen LogP contribution in [0.15, 0.2) is 22.8 Å². The van der Waals surface area contributed by atoms with E-state index in [4.69, 9.17) is 9.15 Å². The zero-order chi connectivity index (χ0) is 18.4. The molecular weight excluding hydrogens is 344 g/mol. The Morgan fingerprint density at radius 2 is 2.12 bits per heavy atom. The predicted molar refractivity (Wildman–Crippen MR) is 93.7 cm³/mol. The van der Waals surface area contributed by atoms with Gasteiger partial charge < -0.3 is 19.4 Å². The Morgan fingerprint density at radius 3 is 2.68 bits per heavy atom. The lowest BCUT2D eigenvalue weighted by Gasteiger charge is -2.25. The minimum absolute atomic E-state index is 0.0743. The lowest BCUT2D eigenvalue weighted by atomic mass is 10.2. The van der Waals surface area contributed by atoms with Crippen LogP contribution in [-0.2, 0) is 19.1 Å². The van der Waals surface area contributed by atoms with Gasteiger partial charge in [0.1, 0.15) is 17.2 Å². The van der Waals surface area contributed by atoms with Gasteiger partial charge in [-0.15, -0.1) is 11.8 Å². The van der Waals surface area contributed by atoms with Gasteiger partial charge in [-0.05, 0) is 25.0 Å². The van der Waals surface area contributed by atoms with Crippen molar-refractivity contribution >= 4 is 29.5 Å². The second-order valence-electron chi connectivity index (χ2n) is 5.83. The number of nitrogens with one attached hydrogen (secondary N) is 1. The van der Waals surface area contributed by atoms with Gasteiger partial charge in [-0.3, -0.25) is 9.59 Å². The predicted octanol–water partition coefficient (Wildman–Crippen LogP) is 2.09. The monoisotopic (exact) mass is 368 g/mol. The molecule has 0 aromatic carbocycles. The van der Waals surface area contributed by atoms with E-state index >= 15 is 0 Å². The molecule has 138 valence electrons. The highest BCUT2D eigenvalue weighted by molar-refractivity contribution is 7.99. The van der Waals surface area contributed by atoms with Crippen molar-refractivity contribution in [3.05, 3.63) is 24.2 Å². The van der Waals surface area contributed by atoms with Gasteiger partial charge in [0.2, 0.25) is 5.91 Å². The maximum absolute atomic E-state index is 12.4. The van der Waals surface area contributed by atoms with E-state index in [0.29, 0.717) is 11.5 Å². The Bertz CT molecular complexity index is 600. The molecule has 1 aromatic rings. The molecule has 0 spiro atoms. The molecule has 1 saturated heterocycles. The molecule has 2 atom stereocenters. The summed E-state index contributed by atoms with van der Waals surface area (Å²) in [6.07, 6.45) is 3.17. The van der Waals surface area contributed by atoms with Gasteiger partial charge >= 0.3 is 5.97 Å². The lowest BCUT2D eigenvalue weighted by molar-refractivity contribution is -0.156. The molecule has 1 aliphatic heterocycles. The van der Waals surface area contributed by atoms with Crippen molar-refractivity contribution in [2.45, 2.75) is 51.1 Å². The smallest absolute Gasteiger partial charge is 0.330 e. The summed E-state index contributed by atoms with van der Waals surface area (Å²) in [6, 6.07) is 2.86. The molecule has 1 aromatic heterocycles. The zero-order valence-electron chi connectivity index (χ0n) is 14.7. The Morgan fingerprint density at radius 1 is 1.40 bits per heavy atom. The van der Waals surface area contributed by atoms with E-state index < -0.39 is 12.0 Å². The zero-order valence-corrected chi connectivity index (χ0v) is 15.5. The second-order valence-corrected chi connectivity index (χ2v) is 6.95. The maximum Gasteiger partial charge on any atom is 0.330 e. The van der Waals surface area contributed by atoms with Crippen molar-refractivity contribution in [2.24, 2.45) is 0 Å². The van der Waals surface area contributed by atoms with Crippen molar-refractivity contribution < 1.29 is 23.5 Å². The summed E-state index contributed by atoms with van der Waals surface area (Å²) in [5.74, 6) is -0.129. The van der Waals surface area contributed by atoms with E-state index in [9.17, 15) is 14.4 Å². The van der Waals surface area contributed by atoms with Gasteiger partial charge in [0.25, 0.3) is 5.91 Å². The number of esters is 1. The van der Waals surface area contributed by atoms with Crippen LogP contribution in [0.5, 0.6) is 0 Å². The standard InChI is InChI=1S/C17H24N2O5S/c1-4-12(5-2)18-15(21)9-24-17(22)13-10-25-16(19(13)11(3)20)14-7-6-8-23-14/h6-8,12-13,16H,4-5,9-10H2,1-3H3,(H,18,21)/t13-,16-/m0/s1. The lowest BCUT2D eigenvalue weighted by Crippen LogP contribution is -2.44. The number of amides is 2. The fourth-order valence-electron chi connectivity index (χ4n) is 2.72. The SMILES string of the molecule is CCC(CC)NC(=O)COC(=O)[C@@H]1CS[C@@H](c2ccco2)N1C(C)=O. The molecule has 0 aliphatic carbocycles. The fourth-order valence-corrected chi connectivity index (χ4v) is 4.13. The molecule has 1 N–H and O–H groups in total. The van der Waals surface area contributed by atoms with E-state index in [1.165, 1.54) is 29.8 Å². The highest BCUT2D eigenvalue weighted by Crippen LogP contribution is 2.41. The Labute approximate surface area is 151 Å². The van der Waals surface area contributed by atoms with E-state index in [-0.39, 0.29) is 29.8 Å². The number of carbonyl (C=O) groups is 3. The van der Waals surface area contributed by atoms with Crippen LogP contribution in [-0.4, -0.2) is 47.1 Å². The average molecular weight is 368 g/mol. The van der Waals surface area contributed by atoms with Crippen LogP contribution in [0.3, 0.4) is 0 Å². The summed E-state index contributed by atoms with van der Waals surface area (Å²) in [6.45, 7) is 5.03. The number of nitrogens with zero attached hydrogens (tertiary/aromatic N) is 1. The minimum atomic E-state index is -0.724. The third-order valence-electron chi connectivity index (χ3n) is 4.12. The Balaban J connectivity index is 1.94. The summed E-state index contributed by atoms with van der Waals surface area (Å²) < 4.78 is 10.5. The van der Waals surface area contributed by atoms with Crippen LogP contribution >= 0.6 is 11.8 Å². The number of hydrogen-bond donors (Lipinski definition) is 1. The molecular formula is C17H24N2O5S. The second kappa shape index (κ2) is 8.94. The molecule has 1 aliphatic rings. The van der Waals surface area contributed by atoms with E-state index in [2.05, 4.69) is 5.32 Å². The third kappa shape index (κ3) is 4.78. The average Bonchev–Trinajstić information content (AvgIpc) is 3.25. The number of ether oxygens (including phenoxy) is 1. The van der Waals surface area contributed by atoms with E-state index in [0.717, 1.165) is 12.8 Å². The van der Waals surface area contributed by atoms with Gasteiger partial charge in [-0.1, -0.05) is 13.8 Å². The molecule has 25 heavy (non-hydrogen) atoms. The molecule has 1 fully saturated rings. The van der Waals surface area contributed by atoms with E-state index in [1.807, 2.05) is 13.8 Å². The molecule has 0 saturated carbocycles. The quantitative estimate of drug-likeness (QED) is 0.742. The first-order chi connectivity index (χ1) is 12.0. The first kappa shape index (κ1) is 19.4. The van der Waals surface area contributed by atoms with Crippen molar-refractivity contribution in [3.8, 4) is 0 Å². The number of furan rings is 1. The molecule has 7 nitrogen and oxygen atoms in total. The maximum atomic E-state index is 12.4. The van der Waals surface area contributed by atoms with Crippen molar-refractivity contribution in [2.75, 3.05) is 12.4 Å². The van der Waals surface area contributed by atoms with Crippen LogP contribution in [0, 0.1) is 0 Å². The van der Waals surface area contributed by atoms with Crippen LogP contribution < -0.4 is 5.32 Å². The largest absolute Gasteiger partial charge is 0.466 e. The molecule has 2 heterocycles. The fraction of sp³-hybridized carbons (Fsp3) is 0.588. The summed E-state index contributed by atoms with van der Waals surface area (Å²) in [5, 5.41) is 2.45. The molecule has 2 amide bonds. The van der Waals surface area contributed by atoms with Gasteiger partial charge in [0.15, 0.2) is 6.61 Å². The molecule has 2 rings (SSSR count). The van der Waals surface area contributed by atoms with Crippen molar-refractivity contribution in [1.82, 2.24) is 10.2 Å². The first-order valence-electron chi connectivity index (χ1n) is 8.37. The Hall–Kier alpha value is -1.96. The highest BCUT2D eigenvalue weighted by Gasteiger charge is 2.43. The molecule has 0 bridgehead atoms. The number of thioether (sulfide) groups is 1. The number of rotatable bonds is 7. The molecule has 0 radical (unpaired) electrons. The van der Waals surface area contributed by atoms with Crippen LogP contribution in [0.25, 0.3) is 0 Å². The van der Waals surface area contributed by atoms with Gasteiger partial charge in [-0.25, -0.2) is 4.79 Å².